The molecule has 1 heterocycles. The predicted molar refractivity (Wildman–Crippen MR) is 141 cm³/mol. The number of ether oxygens (including phenoxy) is 1. The maximum absolute atomic E-state index is 14.1. The van der Waals surface area contributed by atoms with E-state index in [1.807, 2.05) is 0 Å². The van der Waals surface area contributed by atoms with E-state index in [9.17, 15) is 52.7 Å². The summed E-state index contributed by atoms with van der Waals surface area (Å²) in [7, 11) is -4.02. The van der Waals surface area contributed by atoms with E-state index < -0.39 is 73.0 Å². The highest BCUT2D eigenvalue weighted by molar-refractivity contribution is 7.87. The molecular weight excluding hydrogens is 645 g/mol. The van der Waals surface area contributed by atoms with Crippen LogP contribution in [0.4, 0.5) is 39.5 Å². The second-order valence-electron chi connectivity index (χ2n) is 9.28. The zero-order valence-electron chi connectivity index (χ0n) is 22.1. The largest absolute Gasteiger partial charge is 0.495 e. The van der Waals surface area contributed by atoms with Crippen LogP contribution in [0.3, 0.4) is 0 Å². The number of halogens is 9. The molecule has 0 spiro atoms. The summed E-state index contributed by atoms with van der Waals surface area (Å²) in [6.07, 6.45) is -4.83. The van der Waals surface area contributed by atoms with Gasteiger partial charge < -0.3 is 8.92 Å². The van der Waals surface area contributed by atoms with E-state index in [2.05, 4.69) is 4.18 Å². The van der Waals surface area contributed by atoms with Crippen molar-refractivity contribution in [1.29, 1.82) is 0 Å². The lowest BCUT2D eigenvalue weighted by atomic mass is 10.0. The molecule has 0 bridgehead atoms. The Morgan fingerprint density at radius 3 is 1.98 bits per heavy atom. The van der Waals surface area contributed by atoms with Crippen LogP contribution >= 0.6 is 0 Å². The molecule has 1 aromatic heterocycles. The van der Waals surface area contributed by atoms with Gasteiger partial charge in [-0.1, -0.05) is 6.07 Å². The van der Waals surface area contributed by atoms with Crippen LogP contribution in [0.1, 0.15) is 5.56 Å². The van der Waals surface area contributed by atoms with Gasteiger partial charge in [-0.2, -0.15) is 30.4 Å². The fourth-order valence-corrected chi connectivity index (χ4v) is 5.37. The molecule has 234 valence electrons. The summed E-state index contributed by atoms with van der Waals surface area (Å²) in [4.78, 5) is 12.2. The number of methoxy groups -OCH3 is 1. The van der Waals surface area contributed by atoms with E-state index in [-0.39, 0.29) is 33.5 Å². The van der Waals surface area contributed by atoms with Crippen LogP contribution in [0.15, 0.2) is 76.4 Å². The maximum Gasteiger partial charge on any atom is 0.416 e. The first-order valence-electron chi connectivity index (χ1n) is 12.2. The molecule has 0 aliphatic heterocycles. The molecule has 0 saturated heterocycles. The molecule has 0 N–H and O–H groups in total. The van der Waals surface area contributed by atoms with Gasteiger partial charge in [0.2, 0.25) is 34.8 Å². The first kappa shape index (κ1) is 31.4. The van der Waals surface area contributed by atoms with Gasteiger partial charge in [-0.05, 0) is 65.7 Å². The van der Waals surface area contributed by atoms with Gasteiger partial charge >= 0.3 is 16.3 Å². The highest BCUT2D eigenvalue weighted by atomic mass is 32.2. The first-order valence-corrected chi connectivity index (χ1v) is 13.6. The van der Waals surface area contributed by atoms with Gasteiger partial charge in [-0.3, -0.25) is 9.36 Å². The predicted octanol–water partition coefficient (Wildman–Crippen LogP) is 7.29. The Labute approximate surface area is 246 Å². The monoisotopic (exact) mass is 659 g/mol. The molecule has 0 radical (unpaired) electrons. The van der Waals surface area contributed by atoms with E-state index in [0.29, 0.717) is 6.07 Å². The van der Waals surface area contributed by atoms with Gasteiger partial charge in [0.1, 0.15) is 16.5 Å². The van der Waals surface area contributed by atoms with Crippen molar-refractivity contribution < 1.29 is 56.9 Å². The van der Waals surface area contributed by atoms with Crippen molar-refractivity contribution in [3.05, 3.63) is 118 Å². The third-order valence-corrected chi connectivity index (χ3v) is 7.71. The fourth-order valence-electron chi connectivity index (χ4n) is 4.41. The van der Waals surface area contributed by atoms with Gasteiger partial charge in [-0.15, -0.1) is 0 Å². The Morgan fingerprint density at radius 1 is 0.711 bits per heavy atom. The lowest BCUT2D eigenvalue weighted by molar-refractivity contribution is -0.137. The van der Waals surface area contributed by atoms with E-state index in [4.69, 9.17) is 4.74 Å². The van der Waals surface area contributed by atoms with Crippen molar-refractivity contribution in [2.24, 2.45) is 0 Å². The normalized spacial score (nSPS) is 12.0. The Bertz CT molecular complexity index is 2150. The first-order chi connectivity index (χ1) is 21.0. The summed E-state index contributed by atoms with van der Waals surface area (Å²) < 4.78 is 158. The molecule has 0 atom stereocenters. The van der Waals surface area contributed by atoms with Crippen LogP contribution in [-0.2, 0) is 16.3 Å². The number of fused-ring (bicyclic) bond motifs is 1. The number of pyridine rings is 1. The molecule has 0 unspecified atom stereocenters. The third kappa shape index (κ3) is 5.68. The summed E-state index contributed by atoms with van der Waals surface area (Å²) in [5, 5.41) is 0.00256. The number of alkyl halides is 3. The number of hydrogen-bond acceptors (Lipinski definition) is 5. The van der Waals surface area contributed by atoms with Crippen LogP contribution in [0.25, 0.3) is 27.7 Å². The molecule has 45 heavy (non-hydrogen) atoms. The van der Waals surface area contributed by atoms with E-state index in [0.717, 1.165) is 47.0 Å². The second kappa shape index (κ2) is 11.2. The van der Waals surface area contributed by atoms with Crippen molar-refractivity contribution in [2.45, 2.75) is 11.1 Å². The number of hydrogen-bond donors (Lipinski definition) is 0. The van der Waals surface area contributed by atoms with E-state index >= 15 is 0 Å². The van der Waals surface area contributed by atoms with Crippen LogP contribution < -0.4 is 14.5 Å². The zero-order valence-corrected chi connectivity index (χ0v) is 23.0. The van der Waals surface area contributed by atoms with Crippen molar-refractivity contribution in [1.82, 2.24) is 4.57 Å². The smallest absolute Gasteiger partial charge is 0.416 e. The SMILES string of the molecule is COc1cc(-c2cc(F)cc(C(F)(F)F)c2)ccc1-n1c(=O)ccc2cc(S(=O)(=O)Oc3c(F)c(F)c(F)c(F)c3F)ccc21. The Hall–Kier alpha value is -4.99. The number of benzene rings is 4. The molecule has 5 aromatic rings. The van der Waals surface area contributed by atoms with E-state index in [1.165, 1.54) is 25.3 Å². The van der Waals surface area contributed by atoms with Crippen LogP contribution in [0.2, 0.25) is 0 Å². The molecule has 0 aliphatic carbocycles. The summed E-state index contributed by atoms with van der Waals surface area (Å²) in [5.74, 6) is -15.7. The van der Waals surface area contributed by atoms with Crippen LogP contribution in [0, 0.1) is 34.9 Å². The standard InChI is InChI=1S/C29H14F9NO5S/c1-43-21-11-13(15-8-16(29(36,37)38)12-17(30)9-15)2-5-20(21)39-19-6-4-18(10-14(19)3-7-22(39)40)45(41,42)44-28-26(34)24(32)23(31)25(33)27(28)35/h2-12H,1H3. The van der Waals surface area contributed by atoms with Crippen LogP contribution in [0.5, 0.6) is 11.5 Å². The average molecular weight is 659 g/mol. The number of rotatable bonds is 6. The summed E-state index contributed by atoms with van der Waals surface area (Å²) in [6, 6.07) is 10.7. The molecule has 0 saturated carbocycles. The van der Waals surface area contributed by atoms with Gasteiger partial charge in [0, 0.05) is 11.5 Å². The van der Waals surface area contributed by atoms with Crippen LogP contribution in [-0.4, -0.2) is 20.1 Å². The minimum absolute atomic E-state index is 0.00256. The lowest BCUT2D eigenvalue weighted by Gasteiger charge is -2.16. The highest BCUT2D eigenvalue weighted by Gasteiger charge is 2.32. The second-order valence-corrected chi connectivity index (χ2v) is 10.8. The van der Waals surface area contributed by atoms with Crippen molar-refractivity contribution in [2.75, 3.05) is 7.11 Å². The Balaban J connectivity index is 1.59. The van der Waals surface area contributed by atoms with Gasteiger partial charge in [0.15, 0.2) is 0 Å². The quantitative estimate of drug-likeness (QED) is 0.0829. The number of nitrogens with zero attached hydrogens (tertiary/aromatic N) is 1. The minimum atomic E-state index is -5.21. The topological polar surface area (TPSA) is 74.6 Å². The van der Waals surface area contributed by atoms with Gasteiger partial charge in [0.25, 0.3) is 5.56 Å². The molecule has 6 nitrogen and oxygen atoms in total. The zero-order chi connectivity index (χ0) is 33.0. The Kier molecular flexibility index (Phi) is 7.81. The average Bonchev–Trinajstić information content (AvgIpc) is 3.00. The lowest BCUT2D eigenvalue weighted by Crippen LogP contribution is -2.19. The molecule has 0 amide bonds. The molecule has 16 heteroatoms. The van der Waals surface area contributed by atoms with Crippen molar-refractivity contribution in [3.8, 4) is 28.3 Å². The summed E-state index contributed by atoms with van der Waals surface area (Å²) in [6.45, 7) is 0. The van der Waals surface area contributed by atoms with Crippen molar-refractivity contribution >= 4 is 21.0 Å². The van der Waals surface area contributed by atoms with Gasteiger partial charge in [0.05, 0.1) is 23.9 Å². The highest BCUT2D eigenvalue weighted by Crippen LogP contribution is 2.36. The molecule has 4 aromatic carbocycles. The molecular formula is C29H14F9NO5S. The number of aromatic nitrogens is 1. The third-order valence-electron chi connectivity index (χ3n) is 6.50. The minimum Gasteiger partial charge on any atom is -0.495 e. The fraction of sp³-hybridized carbons (Fsp3) is 0.0690. The molecule has 5 rings (SSSR count). The summed E-state index contributed by atoms with van der Waals surface area (Å²) in [5.41, 5.74) is -1.94. The van der Waals surface area contributed by atoms with Gasteiger partial charge in [-0.25, -0.2) is 17.6 Å². The molecule has 0 aliphatic rings. The Morgan fingerprint density at radius 2 is 1.36 bits per heavy atom. The van der Waals surface area contributed by atoms with Crippen molar-refractivity contribution in [3.63, 3.8) is 0 Å². The van der Waals surface area contributed by atoms with E-state index in [1.54, 1.807) is 0 Å². The molecule has 0 fully saturated rings. The summed E-state index contributed by atoms with van der Waals surface area (Å²) >= 11 is 0. The maximum atomic E-state index is 14.1.